The monoisotopic (exact) mass is 441 g/mol. The van der Waals surface area contributed by atoms with E-state index in [4.69, 9.17) is 11.6 Å². The van der Waals surface area contributed by atoms with Crippen molar-refractivity contribution in [3.8, 4) is 0 Å². The summed E-state index contributed by atoms with van der Waals surface area (Å²) in [5.74, 6) is -0.779. The molecule has 1 fully saturated rings. The number of amides is 1. The Morgan fingerprint density at radius 1 is 1.15 bits per heavy atom. The van der Waals surface area contributed by atoms with Crippen molar-refractivity contribution in [3.05, 3.63) is 67.4 Å². The molecule has 0 atom stereocenters. The first kappa shape index (κ1) is 18.6. The normalized spacial score (nSPS) is 14.4. The molecule has 9 heteroatoms. The Kier molecular flexibility index (Phi) is 5.43. The molecule has 0 spiro atoms. The fraction of sp³-hybridized carbons (Fsp3) is 0.235. The summed E-state index contributed by atoms with van der Waals surface area (Å²) in [5, 5.41) is 11.4. The van der Waals surface area contributed by atoms with Crippen LogP contribution < -0.4 is 4.90 Å². The van der Waals surface area contributed by atoms with E-state index in [1.807, 2.05) is 4.90 Å². The van der Waals surface area contributed by atoms with Gasteiger partial charge in [0.25, 0.3) is 11.6 Å². The van der Waals surface area contributed by atoms with Gasteiger partial charge in [-0.25, -0.2) is 4.39 Å². The van der Waals surface area contributed by atoms with E-state index in [0.717, 1.165) is 6.07 Å². The van der Waals surface area contributed by atoms with Gasteiger partial charge >= 0.3 is 0 Å². The molecule has 0 saturated carbocycles. The van der Waals surface area contributed by atoms with Crippen molar-refractivity contribution in [3.63, 3.8) is 0 Å². The lowest BCUT2D eigenvalue weighted by atomic mass is 10.1. The average Bonchev–Trinajstić information content (AvgIpc) is 2.61. The zero-order valence-corrected chi connectivity index (χ0v) is 15.8. The molecule has 1 aliphatic heterocycles. The third-order valence-electron chi connectivity index (χ3n) is 4.20. The first-order valence-electron chi connectivity index (χ1n) is 7.80. The van der Waals surface area contributed by atoms with Gasteiger partial charge in [0.2, 0.25) is 0 Å². The quantitative estimate of drug-likeness (QED) is 0.530. The van der Waals surface area contributed by atoms with Crippen molar-refractivity contribution >= 4 is 44.8 Å². The highest BCUT2D eigenvalue weighted by Crippen LogP contribution is 2.32. The van der Waals surface area contributed by atoms with E-state index in [1.165, 1.54) is 18.2 Å². The molecule has 2 aromatic rings. The van der Waals surface area contributed by atoms with Gasteiger partial charge in [0.15, 0.2) is 0 Å². The number of halogens is 3. The molecule has 0 bridgehead atoms. The van der Waals surface area contributed by atoms with E-state index >= 15 is 0 Å². The number of nitro benzene ring substituents is 1. The van der Waals surface area contributed by atoms with E-state index < -0.39 is 10.7 Å². The Bertz CT molecular complexity index is 872. The molecule has 1 saturated heterocycles. The predicted molar refractivity (Wildman–Crippen MR) is 100 cm³/mol. The Hall–Kier alpha value is -2.19. The van der Waals surface area contributed by atoms with E-state index in [2.05, 4.69) is 15.9 Å². The summed E-state index contributed by atoms with van der Waals surface area (Å²) < 4.78 is 13.8. The SMILES string of the molecule is O=C(c1ccc(F)cc1Cl)N1CCN(c2ccc(Br)cc2[N+](=O)[O-])CC1. The number of rotatable bonds is 3. The van der Waals surface area contributed by atoms with Crippen LogP contribution in [0, 0.1) is 15.9 Å². The molecule has 1 amide bonds. The van der Waals surface area contributed by atoms with Gasteiger partial charge in [0.1, 0.15) is 11.5 Å². The number of anilines is 1. The first-order chi connectivity index (χ1) is 12.4. The minimum atomic E-state index is -0.501. The minimum Gasteiger partial charge on any atom is -0.362 e. The lowest BCUT2D eigenvalue weighted by molar-refractivity contribution is -0.384. The second kappa shape index (κ2) is 7.59. The average molecular weight is 443 g/mol. The van der Waals surface area contributed by atoms with Gasteiger partial charge in [-0.15, -0.1) is 0 Å². The maximum atomic E-state index is 13.1. The Morgan fingerprint density at radius 3 is 2.46 bits per heavy atom. The summed E-state index contributed by atoms with van der Waals surface area (Å²) in [6.45, 7) is 1.68. The van der Waals surface area contributed by atoms with Crippen molar-refractivity contribution in [2.24, 2.45) is 0 Å². The molecule has 6 nitrogen and oxygen atoms in total. The molecule has 1 heterocycles. The smallest absolute Gasteiger partial charge is 0.293 e. The maximum Gasteiger partial charge on any atom is 0.293 e. The summed E-state index contributed by atoms with van der Waals surface area (Å²) in [5.41, 5.74) is 0.780. The summed E-state index contributed by atoms with van der Waals surface area (Å²) in [6, 6.07) is 8.57. The maximum absolute atomic E-state index is 13.1. The van der Waals surface area contributed by atoms with Crippen LogP contribution in [-0.2, 0) is 0 Å². The molecular formula is C17H14BrClFN3O3. The minimum absolute atomic E-state index is 0.0146. The summed E-state index contributed by atoms with van der Waals surface area (Å²) in [6.07, 6.45) is 0. The highest BCUT2D eigenvalue weighted by molar-refractivity contribution is 9.10. The van der Waals surface area contributed by atoms with E-state index in [9.17, 15) is 19.3 Å². The number of carbonyl (C=O) groups is 1. The largest absolute Gasteiger partial charge is 0.362 e. The van der Waals surface area contributed by atoms with Crippen molar-refractivity contribution in [2.45, 2.75) is 0 Å². The second-order valence-corrected chi connectivity index (χ2v) is 7.12. The van der Waals surface area contributed by atoms with Crippen LogP contribution in [0.25, 0.3) is 0 Å². The van der Waals surface area contributed by atoms with Gasteiger partial charge in [-0.2, -0.15) is 0 Å². The van der Waals surface area contributed by atoms with Gasteiger partial charge in [-0.1, -0.05) is 27.5 Å². The molecular weight excluding hydrogens is 429 g/mol. The van der Waals surface area contributed by atoms with E-state index in [0.29, 0.717) is 36.3 Å². The van der Waals surface area contributed by atoms with Crippen LogP contribution in [0.15, 0.2) is 40.9 Å². The van der Waals surface area contributed by atoms with Crippen molar-refractivity contribution in [2.75, 3.05) is 31.1 Å². The standard InChI is InChI=1S/C17H14BrClFN3O3/c18-11-1-4-15(16(9-11)23(25)26)21-5-7-22(8-6-21)17(24)13-3-2-12(20)10-14(13)19/h1-4,9-10H,5-8H2. The van der Waals surface area contributed by atoms with Crippen molar-refractivity contribution < 1.29 is 14.1 Å². The summed E-state index contributed by atoms with van der Waals surface area (Å²) in [4.78, 5) is 26.9. The van der Waals surface area contributed by atoms with Gasteiger partial charge in [0, 0.05) is 36.7 Å². The number of hydrogen-bond acceptors (Lipinski definition) is 4. The number of nitrogens with zero attached hydrogens (tertiary/aromatic N) is 3. The fourth-order valence-corrected chi connectivity index (χ4v) is 3.49. The summed E-state index contributed by atoms with van der Waals surface area (Å²) >= 11 is 9.20. The molecule has 0 aromatic heterocycles. The molecule has 1 aliphatic rings. The molecule has 2 aromatic carbocycles. The Labute approximate surface area is 162 Å². The van der Waals surface area contributed by atoms with Crippen LogP contribution in [0.1, 0.15) is 10.4 Å². The van der Waals surface area contributed by atoms with Crippen LogP contribution in [0.5, 0.6) is 0 Å². The molecule has 0 unspecified atom stereocenters. The molecule has 0 aliphatic carbocycles. The van der Waals surface area contributed by atoms with E-state index in [-0.39, 0.29) is 22.2 Å². The highest BCUT2D eigenvalue weighted by Gasteiger charge is 2.27. The number of benzene rings is 2. The second-order valence-electron chi connectivity index (χ2n) is 5.79. The van der Waals surface area contributed by atoms with Gasteiger partial charge in [0.05, 0.1) is 15.5 Å². The summed E-state index contributed by atoms with van der Waals surface area (Å²) in [7, 11) is 0. The lowest BCUT2D eigenvalue weighted by Gasteiger charge is -2.36. The topological polar surface area (TPSA) is 66.7 Å². The molecule has 136 valence electrons. The van der Waals surface area contributed by atoms with Gasteiger partial charge in [-0.05, 0) is 30.3 Å². The van der Waals surface area contributed by atoms with Gasteiger partial charge < -0.3 is 9.80 Å². The van der Waals surface area contributed by atoms with Gasteiger partial charge in [-0.3, -0.25) is 14.9 Å². The molecule has 26 heavy (non-hydrogen) atoms. The third-order valence-corrected chi connectivity index (χ3v) is 5.01. The zero-order valence-electron chi connectivity index (χ0n) is 13.5. The van der Waals surface area contributed by atoms with Crippen LogP contribution >= 0.6 is 27.5 Å². The Balaban J connectivity index is 1.73. The van der Waals surface area contributed by atoms with Crippen LogP contribution in [-0.4, -0.2) is 41.9 Å². The van der Waals surface area contributed by atoms with Crippen LogP contribution in [0.2, 0.25) is 5.02 Å². The van der Waals surface area contributed by atoms with Crippen LogP contribution in [0.3, 0.4) is 0 Å². The first-order valence-corrected chi connectivity index (χ1v) is 8.97. The van der Waals surface area contributed by atoms with Crippen molar-refractivity contribution in [1.29, 1.82) is 0 Å². The molecule has 0 radical (unpaired) electrons. The van der Waals surface area contributed by atoms with Crippen LogP contribution in [0.4, 0.5) is 15.8 Å². The predicted octanol–water partition coefficient (Wildman–Crippen LogP) is 4.11. The number of hydrogen-bond donors (Lipinski definition) is 0. The third kappa shape index (κ3) is 3.81. The Morgan fingerprint density at radius 2 is 1.85 bits per heavy atom. The lowest BCUT2D eigenvalue weighted by Crippen LogP contribution is -2.49. The van der Waals surface area contributed by atoms with Crippen molar-refractivity contribution in [1.82, 2.24) is 4.90 Å². The number of piperazine rings is 1. The molecule has 0 N–H and O–H groups in total. The highest BCUT2D eigenvalue weighted by atomic mass is 79.9. The fourth-order valence-electron chi connectivity index (χ4n) is 2.89. The van der Waals surface area contributed by atoms with E-state index in [1.54, 1.807) is 17.0 Å². The zero-order chi connectivity index (χ0) is 18.8. The molecule has 3 rings (SSSR count). The number of nitro groups is 1. The number of carbonyl (C=O) groups excluding carboxylic acids is 1.